The summed E-state index contributed by atoms with van der Waals surface area (Å²) in [7, 11) is 0. The van der Waals surface area contributed by atoms with Crippen molar-refractivity contribution in [2.75, 3.05) is 0 Å². The summed E-state index contributed by atoms with van der Waals surface area (Å²) in [6, 6.07) is 20.8. The van der Waals surface area contributed by atoms with Gasteiger partial charge in [-0.1, -0.05) is 0 Å². The molecule has 0 spiro atoms. The number of Topliss-reactive ketones (excluding diaryl/α,β-unsaturated/α-hetero) is 1. The van der Waals surface area contributed by atoms with Gasteiger partial charge in [-0.15, -0.1) is 0 Å². The van der Waals surface area contributed by atoms with Crippen LogP contribution in [0.3, 0.4) is 0 Å². The zero-order valence-corrected chi connectivity index (χ0v) is 14.0. The maximum atomic E-state index is 11.8. The van der Waals surface area contributed by atoms with E-state index in [1.165, 1.54) is 10.0 Å². The molecule has 0 heterocycles. The van der Waals surface area contributed by atoms with Crippen LogP contribution in [0.5, 0.6) is 0 Å². The van der Waals surface area contributed by atoms with Crippen LogP contribution >= 0.6 is 0 Å². The zero-order valence-electron chi connectivity index (χ0n) is 12.3. The fourth-order valence-electron chi connectivity index (χ4n) is 2.06. The number of hydrogen-bond donors (Lipinski definition) is 0. The minimum atomic E-state index is 0.125. The second-order valence-corrected chi connectivity index (χ2v) is 7.26. The molecule has 0 aliphatic carbocycles. The van der Waals surface area contributed by atoms with E-state index in [2.05, 4.69) is 42.5 Å². The monoisotopic (exact) mass is 344 g/mol. The van der Waals surface area contributed by atoms with Gasteiger partial charge in [-0.05, 0) is 0 Å². The molecule has 0 bridgehead atoms. The third kappa shape index (κ3) is 5.71. The summed E-state index contributed by atoms with van der Waals surface area (Å²) in [6.45, 7) is 1.67. The molecule has 0 unspecified atom stereocenters. The number of carbonyl (C=O) groups is 1. The predicted octanol–water partition coefficient (Wildman–Crippen LogP) is 3.51. The van der Waals surface area contributed by atoms with E-state index in [1.54, 1.807) is 6.92 Å². The third-order valence-electron chi connectivity index (χ3n) is 3.16. The average molecular weight is 343 g/mol. The van der Waals surface area contributed by atoms with Gasteiger partial charge >= 0.3 is 133 Å². The minimum absolute atomic E-state index is 0.125. The molecule has 0 atom stereocenters. The maximum absolute atomic E-state index is 11.8. The van der Waals surface area contributed by atoms with Crippen LogP contribution in [0, 0.1) is 0 Å². The predicted molar refractivity (Wildman–Crippen MR) is 90.0 cm³/mol. The van der Waals surface area contributed by atoms with E-state index >= 15 is 0 Å². The Morgan fingerprint density at radius 2 is 1.62 bits per heavy atom. The van der Waals surface area contributed by atoms with Crippen molar-refractivity contribution >= 4 is 25.2 Å². The van der Waals surface area contributed by atoms with Crippen molar-refractivity contribution < 1.29 is 4.79 Å². The molecule has 0 aliphatic heterocycles. The second-order valence-electron chi connectivity index (χ2n) is 4.92. The molecule has 2 rings (SSSR count). The Labute approximate surface area is 133 Å². The molecule has 1 nitrogen and oxygen atoms in total. The Kier molecular flexibility index (Phi) is 6.46. The van der Waals surface area contributed by atoms with Gasteiger partial charge in [0, 0.05) is 0 Å². The van der Waals surface area contributed by atoms with Gasteiger partial charge in [0.2, 0.25) is 0 Å². The zero-order chi connectivity index (χ0) is 14.9. The van der Waals surface area contributed by atoms with E-state index < -0.39 is 0 Å². The Morgan fingerprint density at radius 1 is 1.00 bits per heavy atom. The summed E-state index contributed by atoms with van der Waals surface area (Å²) in [5.74, 6) is 0.207. The number of ketones is 1. The Bertz CT molecular complexity index is 587. The Balaban J connectivity index is 1.88. The molecule has 0 aromatic heterocycles. The van der Waals surface area contributed by atoms with Gasteiger partial charge in [-0.3, -0.25) is 0 Å². The van der Waals surface area contributed by atoms with Crippen LogP contribution in [-0.2, 0) is 11.2 Å². The topological polar surface area (TPSA) is 17.1 Å². The molecule has 21 heavy (non-hydrogen) atoms. The van der Waals surface area contributed by atoms with E-state index in [0.717, 1.165) is 23.7 Å². The van der Waals surface area contributed by atoms with Crippen LogP contribution in [0.1, 0.15) is 25.3 Å². The standard InChI is InChI=1S/C19H20OSe/c1-16(20)19(21-18-13-6-3-7-14-18)15-9-8-12-17-10-4-2-5-11-17/h2-7,10-11,13-15H,8-9,12H2,1H3/b19-15-. The van der Waals surface area contributed by atoms with E-state index in [4.69, 9.17) is 0 Å². The first-order chi connectivity index (χ1) is 10.3. The first kappa shape index (κ1) is 15.8. The van der Waals surface area contributed by atoms with Crippen molar-refractivity contribution in [3.05, 3.63) is 76.8 Å². The van der Waals surface area contributed by atoms with Gasteiger partial charge in [0.05, 0.1) is 0 Å². The summed E-state index contributed by atoms with van der Waals surface area (Å²) in [6.07, 6.45) is 5.27. The van der Waals surface area contributed by atoms with E-state index in [0.29, 0.717) is 0 Å². The second kappa shape index (κ2) is 8.61. The quantitative estimate of drug-likeness (QED) is 0.427. The summed E-state index contributed by atoms with van der Waals surface area (Å²) in [5, 5.41) is 0. The van der Waals surface area contributed by atoms with Crippen molar-refractivity contribution in [2.45, 2.75) is 26.2 Å². The number of unbranched alkanes of at least 4 members (excludes halogenated alkanes) is 1. The van der Waals surface area contributed by atoms with Crippen LogP contribution in [0.2, 0.25) is 0 Å². The molecular weight excluding hydrogens is 323 g/mol. The molecule has 0 amide bonds. The van der Waals surface area contributed by atoms with Crippen LogP contribution in [0.25, 0.3) is 0 Å². The van der Waals surface area contributed by atoms with Gasteiger partial charge in [0.1, 0.15) is 0 Å². The van der Waals surface area contributed by atoms with Gasteiger partial charge in [0.25, 0.3) is 0 Å². The molecule has 0 fully saturated rings. The SMILES string of the molecule is CC(=O)/C(=C/CCCc1ccccc1)[Se]c1ccccc1. The summed E-state index contributed by atoms with van der Waals surface area (Å²) in [5.41, 5.74) is 1.36. The summed E-state index contributed by atoms with van der Waals surface area (Å²) >= 11 is 0.125. The molecule has 108 valence electrons. The number of benzene rings is 2. The van der Waals surface area contributed by atoms with Crippen molar-refractivity contribution in [1.82, 2.24) is 0 Å². The normalized spacial score (nSPS) is 11.4. The molecule has 0 saturated carbocycles. The Morgan fingerprint density at radius 3 is 2.24 bits per heavy atom. The van der Waals surface area contributed by atoms with Gasteiger partial charge in [-0.25, -0.2) is 0 Å². The fraction of sp³-hybridized carbons (Fsp3) is 0.211. The number of allylic oxidation sites excluding steroid dienone is 2. The van der Waals surface area contributed by atoms with Crippen LogP contribution in [0.4, 0.5) is 0 Å². The molecule has 2 aromatic rings. The van der Waals surface area contributed by atoms with Gasteiger partial charge < -0.3 is 0 Å². The van der Waals surface area contributed by atoms with Gasteiger partial charge in [-0.2, -0.15) is 0 Å². The van der Waals surface area contributed by atoms with E-state index in [1.807, 2.05) is 24.3 Å². The molecular formula is C19H20OSe. The first-order valence-electron chi connectivity index (χ1n) is 7.23. The average Bonchev–Trinajstić information content (AvgIpc) is 2.52. The molecule has 0 radical (unpaired) electrons. The molecule has 0 saturated heterocycles. The number of aryl methyl sites for hydroxylation is 1. The first-order valence-corrected chi connectivity index (χ1v) is 8.95. The molecule has 2 aromatic carbocycles. The molecule has 0 N–H and O–H groups in total. The van der Waals surface area contributed by atoms with Crippen molar-refractivity contribution in [2.24, 2.45) is 0 Å². The van der Waals surface area contributed by atoms with Crippen molar-refractivity contribution in [1.29, 1.82) is 0 Å². The fourth-order valence-corrected chi connectivity index (χ4v) is 3.93. The van der Waals surface area contributed by atoms with E-state index in [-0.39, 0.29) is 20.7 Å². The molecule has 2 heteroatoms. The number of hydrogen-bond acceptors (Lipinski definition) is 1. The van der Waals surface area contributed by atoms with Gasteiger partial charge in [0.15, 0.2) is 0 Å². The molecule has 0 aliphatic rings. The van der Waals surface area contributed by atoms with Crippen LogP contribution in [0.15, 0.2) is 71.2 Å². The third-order valence-corrected chi connectivity index (χ3v) is 5.64. The summed E-state index contributed by atoms with van der Waals surface area (Å²) in [4.78, 5) is 11.8. The van der Waals surface area contributed by atoms with Crippen molar-refractivity contribution in [3.63, 3.8) is 0 Å². The number of carbonyl (C=O) groups excluding carboxylic acids is 1. The Hall–Kier alpha value is -1.63. The van der Waals surface area contributed by atoms with Crippen LogP contribution < -0.4 is 4.46 Å². The van der Waals surface area contributed by atoms with E-state index in [9.17, 15) is 4.79 Å². The van der Waals surface area contributed by atoms with Crippen LogP contribution in [-0.4, -0.2) is 20.7 Å². The van der Waals surface area contributed by atoms with Crippen molar-refractivity contribution in [3.8, 4) is 0 Å². The number of rotatable bonds is 7. The summed E-state index contributed by atoms with van der Waals surface area (Å²) < 4.78 is 2.25.